The van der Waals surface area contributed by atoms with Crippen LogP contribution in [-0.2, 0) is 0 Å². The predicted octanol–water partition coefficient (Wildman–Crippen LogP) is 2.90. The molecule has 0 atom stereocenters. The zero-order valence-electron chi connectivity index (χ0n) is 8.91. The second-order valence-electron chi connectivity index (χ2n) is 3.26. The van der Waals surface area contributed by atoms with E-state index in [1.54, 1.807) is 19.9 Å². The molecule has 1 aromatic carbocycles. The van der Waals surface area contributed by atoms with Crippen molar-refractivity contribution in [2.24, 2.45) is 0 Å². The van der Waals surface area contributed by atoms with Crippen LogP contribution in [0.4, 0.5) is 0 Å². The summed E-state index contributed by atoms with van der Waals surface area (Å²) in [5.74, 6) is 0.880. The van der Waals surface area contributed by atoms with Crippen molar-refractivity contribution in [3.05, 3.63) is 36.1 Å². The van der Waals surface area contributed by atoms with Crippen molar-refractivity contribution in [2.75, 3.05) is 0 Å². The van der Waals surface area contributed by atoms with Gasteiger partial charge in [-0.3, -0.25) is 4.79 Å². The molecule has 80 valence electrons. The van der Waals surface area contributed by atoms with Crippen molar-refractivity contribution in [3.63, 3.8) is 0 Å². The smallest absolute Gasteiger partial charge is 0.166 e. The van der Waals surface area contributed by atoms with Gasteiger partial charge in [-0.05, 0) is 19.1 Å². The average Bonchev–Trinajstić information content (AvgIpc) is 2.16. The molecule has 0 unspecified atom stereocenters. The van der Waals surface area contributed by atoms with E-state index in [4.69, 9.17) is 4.74 Å². The van der Waals surface area contributed by atoms with Gasteiger partial charge in [-0.2, -0.15) is 0 Å². The van der Waals surface area contributed by atoms with E-state index in [1.165, 1.54) is 12.1 Å². The molecule has 1 N–H and O–H groups in total. The van der Waals surface area contributed by atoms with Gasteiger partial charge in [-0.15, -0.1) is 0 Å². The fourth-order valence-electron chi connectivity index (χ4n) is 1.20. The molecule has 0 aliphatic heterocycles. The Hall–Kier alpha value is -1.77. The summed E-state index contributed by atoms with van der Waals surface area (Å²) in [6.07, 6.45) is 0.400. The summed E-state index contributed by atoms with van der Waals surface area (Å²) in [5.41, 5.74) is 0.471. The van der Waals surface area contributed by atoms with Gasteiger partial charge in [-0.1, -0.05) is 13.5 Å². The number of aromatic hydroxyl groups is 1. The first-order chi connectivity index (χ1) is 7.04. The Morgan fingerprint density at radius 3 is 2.73 bits per heavy atom. The Balaban J connectivity index is 3.13. The monoisotopic (exact) mass is 206 g/mol. The highest BCUT2D eigenvalue weighted by Crippen LogP contribution is 2.26. The van der Waals surface area contributed by atoms with Crippen LogP contribution >= 0.6 is 0 Å². The van der Waals surface area contributed by atoms with E-state index in [1.807, 2.05) is 0 Å². The maximum atomic E-state index is 11.5. The number of Topliss-reactive ketones (excluding diaryl/α,β-unsaturated/α-hetero) is 1. The van der Waals surface area contributed by atoms with Crippen LogP contribution in [0.2, 0.25) is 0 Å². The van der Waals surface area contributed by atoms with Gasteiger partial charge in [0, 0.05) is 12.5 Å². The molecule has 1 aromatic rings. The lowest BCUT2D eigenvalue weighted by molar-refractivity contribution is 0.0985. The van der Waals surface area contributed by atoms with Crippen molar-refractivity contribution in [2.45, 2.75) is 20.3 Å². The second kappa shape index (κ2) is 4.64. The van der Waals surface area contributed by atoms with Crippen LogP contribution in [0.1, 0.15) is 30.6 Å². The van der Waals surface area contributed by atoms with Gasteiger partial charge in [-0.25, -0.2) is 0 Å². The van der Waals surface area contributed by atoms with Crippen LogP contribution in [0, 0.1) is 0 Å². The highest BCUT2D eigenvalue weighted by atomic mass is 16.5. The molecule has 0 bridgehead atoms. The molecule has 3 nitrogen and oxygen atoms in total. The molecule has 0 amide bonds. The van der Waals surface area contributed by atoms with Gasteiger partial charge >= 0.3 is 0 Å². The Labute approximate surface area is 89.0 Å². The van der Waals surface area contributed by atoms with Gasteiger partial charge in [0.1, 0.15) is 11.5 Å². The molecule has 3 heteroatoms. The Morgan fingerprint density at radius 1 is 1.53 bits per heavy atom. The minimum atomic E-state index is -0.0220. The van der Waals surface area contributed by atoms with Crippen LogP contribution in [0.5, 0.6) is 11.5 Å². The second-order valence-corrected chi connectivity index (χ2v) is 3.26. The fourth-order valence-corrected chi connectivity index (χ4v) is 1.20. The quantitative estimate of drug-likeness (QED) is 0.608. The van der Waals surface area contributed by atoms with Crippen molar-refractivity contribution in [1.82, 2.24) is 0 Å². The van der Waals surface area contributed by atoms with Crippen molar-refractivity contribution >= 4 is 5.78 Å². The number of carbonyl (C=O) groups excluding carboxylic acids is 1. The van der Waals surface area contributed by atoms with E-state index in [9.17, 15) is 9.90 Å². The Bertz CT molecular complexity index is 394. The number of phenolic OH excluding ortho intramolecular Hbond substituents is 1. The third-order valence-corrected chi connectivity index (χ3v) is 1.87. The summed E-state index contributed by atoms with van der Waals surface area (Å²) in [5, 5.41) is 9.28. The Kier molecular flexibility index (Phi) is 3.50. The third kappa shape index (κ3) is 2.84. The van der Waals surface area contributed by atoms with Gasteiger partial charge < -0.3 is 9.84 Å². The van der Waals surface area contributed by atoms with Gasteiger partial charge in [0.2, 0.25) is 0 Å². The summed E-state index contributed by atoms with van der Waals surface area (Å²) in [4.78, 5) is 11.5. The van der Waals surface area contributed by atoms with Crippen LogP contribution in [0.15, 0.2) is 30.5 Å². The molecule has 0 aliphatic carbocycles. The van der Waals surface area contributed by atoms with E-state index in [2.05, 4.69) is 6.58 Å². The molecule has 0 heterocycles. The standard InChI is InChI=1S/C12H14O3/c1-4-11(14)10-6-5-9(13)7-12(10)15-8(2)3/h5-7,13H,2,4H2,1,3H3. The number of carbonyl (C=O) groups is 1. The zero-order chi connectivity index (χ0) is 11.4. The van der Waals surface area contributed by atoms with Gasteiger partial charge in [0.05, 0.1) is 11.3 Å². The van der Waals surface area contributed by atoms with Crippen LogP contribution in [0.25, 0.3) is 0 Å². The highest BCUT2D eigenvalue weighted by Gasteiger charge is 2.11. The zero-order valence-corrected chi connectivity index (χ0v) is 8.91. The van der Waals surface area contributed by atoms with Gasteiger partial charge in [0.15, 0.2) is 5.78 Å². The maximum Gasteiger partial charge on any atom is 0.166 e. The van der Waals surface area contributed by atoms with Gasteiger partial charge in [0.25, 0.3) is 0 Å². The predicted molar refractivity (Wildman–Crippen MR) is 58.2 cm³/mol. The normalized spacial score (nSPS) is 9.73. The van der Waals surface area contributed by atoms with E-state index in [0.717, 1.165) is 0 Å². The molecular formula is C12H14O3. The lowest BCUT2D eigenvalue weighted by Crippen LogP contribution is -2.01. The number of hydrogen-bond acceptors (Lipinski definition) is 3. The topological polar surface area (TPSA) is 46.5 Å². The summed E-state index contributed by atoms with van der Waals surface area (Å²) in [6.45, 7) is 7.05. The summed E-state index contributed by atoms with van der Waals surface area (Å²) in [7, 11) is 0. The molecule has 0 saturated heterocycles. The minimum absolute atomic E-state index is 0.0220. The molecule has 0 spiro atoms. The number of ketones is 1. The highest BCUT2D eigenvalue weighted by molar-refractivity contribution is 5.98. The summed E-state index contributed by atoms with van der Waals surface area (Å²) < 4.78 is 5.27. The maximum absolute atomic E-state index is 11.5. The number of phenols is 1. The van der Waals surface area contributed by atoms with Crippen molar-refractivity contribution < 1.29 is 14.6 Å². The lowest BCUT2D eigenvalue weighted by atomic mass is 10.1. The van der Waals surface area contributed by atoms with Crippen molar-refractivity contribution in [1.29, 1.82) is 0 Å². The van der Waals surface area contributed by atoms with Crippen LogP contribution < -0.4 is 4.74 Å². The first kappa shape index (κ1) is 11.3. The number of allylic oxidation sites excluding steroid dienone is 1. The number of hydrogen-bond donors (Lipinski definition) is 1. The van der Waals surface area contributed by atoms with Crippen LogP contribution in [-0.4, -0.2) is 10.9 Å². The van der Waals surface area contributed by atoms with E-state index in [0.29, 0.717) is 23.5 Å². The SMILES string of the molecule is C=C(C)Oc1cc(O)ccc1C(=O)CC. The number of ether oxygens (including phenoxy) is 1. The van der Waals surface area contributed by atoms with Crippen LogP contribution in [0.3, 0.4) is 0 Å². The molecule has 0 aromatic heterocycles. The van der Waals surface area contributed by atoms with E-state index < -0.39 is 0 Å². The van der Waals surface area contributed by atoms with Crippen molar-refractivity contribution in [3.8, 4) is 11.5 Å². The molecular weight excluding hydrogens is 192 g/mol. The van der Waals surface area contributed by atoms with E-state index >= 15 is 0 Å². The lowest BCUT2D eigenvalue weighted by Gasteiger charge is -2.09. The fraction of sp³-hybridized carbons (Fsp3) is 0.250. The minimum Gasteiger partial charge on any atom is -0.508 e. The average molecular weight is 206 g/mol. The Morgan fingerprint density at radius 2 is 2.20 bits per heavy atom. The summed E-state index contributed by atoms with van der Waals surface area (Å²) in [6, 6.07) is 4.44. The molecule has 0 saturated carbocycles. The first-order valence-electron chi connectivity index (χ1n) is 4.74. The number of rotatable bonds is 4. The first-order valence-corrected chi connectivity index (χ1v) is 4.74. The molecule has 0 fully saturated rings. The third-order valence-electron chi connectivity index (χ3n) is 1.87. The van der Waals surface area contributed by atoms with E-state index in [-0.39, 0.29) is 11.5 Å². The number of benzene rings is 1. The molecule has 0 radical (unpaired) electrons. The largest absolute Gasteiger partial charge is 0.508 e. The molecule has 15 heavy (non-hydrogen) atoms. The summed E-state index contributed by atoms with van der Waals surface area (Å²) >= 11 is 0. The molecule has 1 rings (SSSR count). The molecule has 0 aliphatic rings.